The lowest BCUT2D eigenvalue weighted by atomic mass is 9.96. The fourth-order valence-electron chi connectivity index (χ4n) is 4.37. The van der Waals surface area contributed by atoms with Gasteiger partial charge in [0.05, 0.1) is 23.9 Å². The number of rotatable bonds is 9. The first-order chi connectivity index (χ1) is 14.3. The minimum absolute atomic E-state index is 0.00531. The first-order valence-electron chi connectivity index (χ1n) is 10.7. The Hall–Kier alpha value is -2.35. The van der Waals surface area contributed by atoms with Gasteiger partial charge in [-0.15, -0.1) is 0 Å². The van der Waals surface area contributed by atoms with Crippen LogP contribution in [0.4, 0.5) is 0 Å². The molecule has 0 aromatic carbocycles. The Morgan fingerprint density at radius 3 is 2.43 bits per heavy atom. The molecular weight excluding hydrogens is 402 g/mol. The van der Waals surface area contributed by atoms with E-state index >= 15 is 0 Å². The van der Waals surface area contributed by atoms with E-state index in [2.05, 4.69) is 4.90 Å². The van der Waals surface area contributed by atoms with Crippen LogP contribution < -0.4 is 0 Å². The maximum absolute atomic E-state index is 12.9. The molecule has 0 aromatic heterocycles. The molecule has 0 saturated carbocycles. The summed E-state index contributed by atoms with van der Waals surface area (Å²) >= 11 is 0. The summed E-state index contributed by atoms with van der Waals surface area (Å²) in [6.45, 7) is 3.23. The van der Waals surface area contributed by atoms with Gasteiger partial charge in [-0.2, -0.15) is 0 Å². The molecule has 1 fully saturated rings. The fourth-order valence-corrected chi connectivity index (χ4v) is 5.40. The summed E-state index contributed by atoms with van der Waals surface area (Å²) in [7, 11) is -3.69. The van der Waals surface area contributed by atoms with Crippen LogP contribution in [-0.4, -0.2) is 59.7 Å². The molecule has 0 spiro atoms. The van der Waals surface area contributed by atoms with Gasteiger partial charge in [0.2, 0.25) is 21.8 Å². The van der Waals surface area contributed by atoms with Crippen molar-refractivity contribution in [1.29, 1.82) is 0 Å². The number of hydrogen-bond acceptors (Lipinski definition) is 5. The lowest BCUT2D eigenvalue weighted by molar-refractivity contribution is -0.133. The molecule has 3 aliphatic heterocycles. The first kappa shape index (κ1) is 22.3. The molecule has 0 radical (unpaired) electrons. The summed E-state index contributed by atoms with van der Waals surface area (Å²) in [6.07, 6.45) is 19.2. The number of unbranched alkanes of at least 4 members (excludes halogenated alkanes) is 2. The Bertz CT molecular complexity index is 872. The predicted molar refractivity (Wildman–Crippen MR) is 116 cm³/mol. The van der Waals surface area contributed by atoms with Gasteiger partial charge >= 0.3 is 0 Å². The number of fused-ring (bicyclic) bond motifs is 1. The molecular formula is C22H31N3O4S. The molecule has 7 nitrogen and oxygen atoms in total. The smallest absolute Gasteiger partial charge is 0.246 e. The van der Waals surface area contributed by atoms with Crippen LogP contribution in [0.2, 0.25) is 0 Å². The number of nitrogens with zero attached hydrogens (tertiary/aromatic N) is 3. The van der Waals surface area contributed by atoms with Crippen molar-refractivity contribution in [3.8, 4) is 0 Å². The average Bonchev–Trinajstić information content (AvgIpc) is 3.08. The molecule has 0 bridgehead atoms. The third-order valence-electron chi connectivity index (χ3n) is 5.72. The zero-order valence-corrected chi connectivity index (χ0v) is 18.6. The Morgan fingerprint density at radius 2 is 1.80 bits per heavy atom. The van der Waals surface area contributed by atoms with Gasteiger partial charge in [-0.1, -0.05) is 31.9 Å². The van der Waals surface area contributed by atoms with Gasteiger partial charge in [-0.05, 0) is 37.5 Å². The van der Waals surface area contributed by atoms with Crippen LogP contribution in [0.25, 0.3) is 0 Å². The molecule has 0 N–H and O–H groups in total. The Balaban J connectivity index is 1.53. The highest BCUT2D eigenvalue weighted by molar-refractivity contribution is 7.89. The zero-order chi connectivity index (χ0) is 21.7. The standard InChI is InChI=1S/C22H31N3O4S/c1-3-11-18-21-19(25(22(18)27)30(2,28)29)13-17-24(21)20(26)12-7-6-10-16-23-14-8-4-5-9-15-23/h4-5,8-9,13-15,18,21H,3,6-7,10-12,16-17H2,1-2H3/t18-,21-/m0/s1. The van der Waals surface area contributed by atoms with Crippen molar-refractivity contribution in [1.82, 2.24) is 14.1 Å². The molecule has 0 unspecified atom stereocenters. The second-order valence-electron chi connectivity index (χ2n) is 8.00. The molecule has 2 atom stereocenters. The van der Waals surface area contributed by atoms with Crippen molar-refractivity contribution in [2.75, 3.05) is 19.3 Å². The topological polar surface area (TPSA) is 78.0 Å². The number of allylic oxidation sites excluding steroid dienone is 4. The summed E-state index contributed by atoms with van der Waals surface area (Å²) in [5.41, 5.74) is 0.461. The molecule has 0 aliphatic carbocycles. The number of hydrogen-bond donors (Lipinski definition) is 0. The van der Waals surface area contributed by atoms with Gasteiger partial charge in [-0.25, -0.2) is 12.7 Å². The van der Waals surface area contributed by atoms with Gasteiger partial charge < -0.3 is 9.80 Å². The monoisotopic (exact) mass is 433 g/mol. The van der Waals surface area contributed by atoms with Gasteiger partial charge in [-0.3, -0.25) is 9.59 Å². The van der Waals surface area contributed by atoms with Crippen molar-refractivity contribution >= 4 is 21.8 Å². The number of sulfonamides is 1. The molecule has 30 heavy (non-hydrogen) atoms. The van der Waals surface area contributed by atoms with Gasteiger partial charge in [0.1, 0.15) is 0 Å². The van der Waals surface area contributed by atoms with Gasteiger partial charge in [0.15, 0.2) is 0 Å². The van der Waals surface area contributed by atoms with E-state index in [0.717, 1.165) is 42.8 Å². The van der Waals surface area contributed by atoms with Crippen LogP contribution in [0.3, 0.4) is 0 Å². The van der Waals surface area contributed by atoms with Crippen LogP contribution in [0, 0.1) is 5.92 Å². The number of carbonyl (C=O) groups excluding carboxylic acids is 2. The number of carbonyl (C=O) groups is 2. The van der Waals surface area contributed by atoms with E-state index in [9.17, 15) is 18.0 Å². The highest BCUT2D eigenvalue weighted by Crippen LogP contribution is 2.40. The Kier molecular flexibility index (Phi) is 7.18. The molecule has 3 rings (SSSR count). The van der Waals surface area contributed by atoms with Crippen LogP contribution in [-0.2, 0) is 19.6 Å². The second kappa shape index (κ2) is 9.64. The minimum atomic E-state index is -3.69. The molecule has 0 aromatic rings. The molecule has 3 aliphatic rings. The van der Waals surface area contributed by atoms with Crippen LogP contribution in [0.5, 0.6) is 0 Å². The highest BCUT2D eigenvalue weighted by Gasteiger charge is 2.53. The minimum Gasteiger partial charge on any atom is -0.354 e. The maximum Gasteiger partial charge on any atom is 0.246 e. The van der Waals surface area contributed by atoms with Crippen molar-refractivity contribution in [2.45, 2.75) is 51.5 Å². The van der Waals surface area contributed by atoms with Crippen LogP contribution in [0.15, 0.2) is 48.5 Å². The zero-order valence-electron chi connectivity index (χ0n) is 17.7. The maximum atomic E-state index is 12.9. The first-order valence-corrected chi connectivity index (χ1v) is 12.5. The van der Waals surface area contributed by atoms with Crippen molar-refractivity contribution < 1.29 is 18.0 Å². The lowest BCUT2D eigenvalue weighted by Crippen LogP contribution is -2.41. The Labute approximate surface area is 179 Å². The third kappa shape index (κ3) is 4.86. The van der Waals surface area contributed by atoms with E-state index in [1.165, 1.54) is 0 Å². The summed E-state index contributed by atoms with van der Waals surface area (Å²) in [5, 5.41) is 0. The molecule has 164 valence electrons. The van der Waals surface area contributed by atoms with E-state index in [0.29, 0.717) is 25.1 Å². The second-order valence-corrected chi connectivity index (χ2v) is 9.83. The molecule has 1 saturated heterocycles. The van der Waals surface area contributed by atoms with E-state index in [1.807, 2.05) is 43.6 Å². The summed E-state index contributed by atoms with van der Waals surface area (Å²) in [4.78, 5) is 29.5. The van der Waals surface area contributed by atoms with Crippen LogP contribution in [0.1, 0.15) is 45.4 Å². The molecule has 2 amide bonds. The van der Waals surface area contributed by atoms with Crippen molar-refractivity contribution in [3.05, 3.63) is 48.5 Å². The normalized spacial score (nSPS) is 23.2. The lowest BCUT2D eigenvalue weighted by Gasteiger charge is -2.27. The molecule has 8 heteroatoms. The van der Waals surface area contributed by atoms with Gasteiger partial charge in [0, 0.05) is 31.9 Å². The Morgan fingerprint density at radius 1 is 1.10 bits per heavy atom. The SMILES string of the molecule is CCC[C@@H]1C(=O)N(S(C)(=O)=O)C2=CCN(C(=O)CCCCCN3C=CC=CC=C3)[C@H]21. The summed E-state index contributed by atoms with van der Waals surface area (Å²) < 4.78 is 25.2. The van der Waals surface area contributed by atoms with Crippen molar-refractivity contribution in [3.63, 3.8) is 0 Å². The fraction of sp³-hybridized carbons (Fsp3) is 0.545. The van der Waals surface area contributed by atoms with E-state index in [1.54, 1.807) is 11.0 Å². The van der Waals surface area contributed by atoms with Crippen LogP contribution >= 0.6 is 0 Å². The highest BCUT2D eigenvalue weighted by atomic mass is 32.2. The average molecular weight is 434 g/mol. The predicted octanol–water partition coefficient (Wildman–Crippen LogP) is 2.76. The number of amides is 2. The summed E-state index contributed by atoms with van der Waals surface area (Å²) in [5.74, 6) is -0.881. The molecule has 3 heterocycles. The third-order valence-corrected chi connectivity index (χ3v) is 6.77. The van der Waals surface area contributed by atoms with E-state index in [4.69, 9.17) is 0 Å². The quantitative estimate of drug-likeness (QED) is 0.523. The summed E-state index contributed by atoms with van der Waals surface area (Å²) in [6, 6.07) is -0.445. The van der Waals surface area contributed by atoms with E-state index in [-0.39, 0.29) is 5.91 Å². The van der Waals surface area contributed by atoms with Crippen molar-refractivity contribution in [2.24, 2.45) is 5.92 Å². The van der Waals surface area contributed by atoms with E-state index < -0.39 is 27.9 Å². The van der Waals surface area contributed by atoms with Gasteiger partial charge in [0.25, 0.3) is 0 Å². The largest absolute Gasteiger partial charge is 0.354 e.